The van der Waals surface area contributed by atoms with E-state index >= 15 is 0 Å². The molecule has 2 aromatic heterocycles. The Morgan fingerprint density at radius 2 is 2.10 bits per heavy atom. The molecule has 4 heterocycles. The lowest BCUT2D eigenvalue weighted by molar-refractivity contribution is 0.252. The van der Waals surface area contributed by atoms with Gasteiger partial charge in [0.05, 0.1) is 29.1 Å². The van der Waals surface area contributed by atoms with Crippen molar-refractivity contribution in [1.82, 2.24) is 9.97 Å². The van der Waals surface area contributed by atoms with Gasteiger partial charge in [-0.1, -0.05) is 18.2 Å². The van der Waals surface area contributed by atoms with E-state index in [0.29, 0.717) is 17.2 Å². The van der Waals surface area contributed by atoms with E-state index in [0.717, 1.165) is 42.9 Å². The van der Waals surface area contributed by atoms with Crippen molar-refractivity contribution in [2.75, 3.05) is 28.2 Å². The summed E-state index contributed by atoms with van der Waals surface area (Å²) in [6.45, 7) is 1.76. The van der Waals surface area contributed by atoms with Crippen LogP contribution in [0.2, 0.25) is 0 Å². The maximum absolute atomic E-state index is 13.3. The third-order valence-corrected chi connectivity index (χ3v) is 5.59. The average molecular weight is 396 g/mol. The smallest absolute Gasteiger partial charge is 0.329 e. The van der Waals surface area contributed by atoms with Crippen LogP contribution in [0.1, 0.15) is 18.4 Å². The zero-order chi connectivity index (χ0) is 20.5. The van der Waals surface area contributed by atoms with Crippen molar-refractivity contribution in [3.63, 3.8) is 0 Å². The molecule has 5 rings (SSSR count). The van der Waals surface area contributed by atoms with Gasteiger partial charge < -0.3 is 4.90 Å². The second-order valence-electron chi connectivity index (χ2n) is 7.49. The number of rotatable bonds is 2. The lowest BCUT2D eigenvalue weighted by atomic mass is 9.99. The van der Waals surface area contributed by atoms with Gasteiger partial charge in [-0.05, 0) is 49.2 Å². The molecule has 2 aliphatic rings. The third-order valence-electron chi connectivity index (χ3n) is 5.59. The van der Waals surface area contributed by atoms with Crippen LogP contribution in [0.25, 0.3) is 11.3 Å². The summed E-state index contributed by atoms with van der Waals surface area (Å²) in [6.07, 6.45) is 3.62. The van der Waals surface area contributed by atoms with Gasteiger partial charge in [0.25, 0.3) is 0 Å². The Balaban J connectivity index is 1.56. The Morgan fingerprint density at radius 3 is 2.93 bits per heavy atom. The summed E-state index contributed by atoms with van der Waals surface area (Å²) in [5.41, 5.74) is 3.13. The number of fused-ring (bicyclic) bond motifs is 4. The molecular formula is C23H20N6O. The molecule has 0 radical (unpaired) electrons. The molecule has 0 aliphatic carbocycles. The fourth-order valence-electron chi connectivity index (χ4n) is 4.20. The lowest BCUT2D eigenvalue weighted by Crippen LogP contribution is -2.56. The van der Waals surface area contributed by atoms with Crippen LogP contribution >= 0.6 is 0 Å². The predicted molar refractivity (Wildman–Crippen MR) is 115 cm³/mol. The molecule has 148 valence electrons. The number of hydrogen-bond acceptors (Lipinski definition) is 5. The number of piperidine rings is 1. The summed E-state index contributed by atoms with van der Waals surface area (Å²) in [7, 11) is 0. The van der Waals surface area contributed by atoms with Crippen LogP contribution in [0.4, 0.5) is 22.1 Å². The average Bonchev–Trinajstić information content (AvgIpc) is 2.80. The van der Waals surface area contributed by atoms with Gasteiger partial charge in [0.15, 0.2) is 5.82 Å². The monoisotopic (exact) mass is 396 g/mol. The van der Waals surface area contributed by atoms with E-state index in [1.54, 1.807) is 23.2 Å². The quantitative estimate of drug-likeness (QED) is 0.707. The molecule has 1 aromatic carbocycles. The second kappa shape index (κ2) is 7.48. The molecule has 2 amide bonds. The van der Waals surface area contributed by atoms with Gasteiger partial charge in [-0.25, -0.2) is 14.8 Å². The van der Waals surface area contributed by atoms with Crippen LogP contribution in [0.3, 0.4) is 0 Å². The molecule has 3 aromatic rings. The second-order valence-corrected chi connectivity index (χ2v) is 7.49. The Morgan fingerprint density at radius 1 is 1.17 bits per heavy atom. The summed E-state index contributed by atoms with van der Waals surface area (Å²) in [6, 6.07) is 18.8. The highest BCUT2D eigenvalue weighted by Gasteiger charge is 2.38. The molecule has 2 aliphatic heterocycles. The maximum Gasteiger partial charge on any atom is 0.329 e. The molecule has 0 spiro atoms. The fourth-order valence-corrected chi connectivity index (χ4v) is 4.20. The first kappa shape index (κ1) is 18.1. The number of pyridine rings is 2. The predicted octanol–water partition coefficient (Wildman–Crippen LogP) is 4.04. The number of benzene rings is 1. The van der Waals surface area contributed by atoms with Crippen LogP contribution in [0, 0.1) is 11.3 Å². The number of urea groups is 1. The normalized spacial score (nSPS) is 17.1. The van der Waals surface area contributed by atoms with Crippen LogP contribution in [0.5, 0.6) is 0 Å². The molecule has 2 bridgehead atoms. The van der Waals surface area contributed by atoms with E-state index in [9.17, 15) is 10.1 Å². The van der Waals surface area contributed by atoms with Gasteiger partial charge in [0.1, 0.15) is 5.82 Å². The number of hydrogen-bond donors (Lipinski definition) is 1. The fraction of sp³-hybridized carbons (Fsp3) is 0.217. The standard InChI is InChI=1S/C23H20N6O/c24-14-16-5-3-6-17(13-16)19-9-10-20-22(26-19)29(18-7-4-12-28(20)15-18)23(30)27-21-8-1-2-11-25-21/h1-3,5-6,8-11,13,18H,4,7,12,15H2,(H,25,27,30)/t18-/m0/s1. The number of nitrogens with zero attached hydrogens (tertiary/aromatic N) is 5. The summed E-state index contributed by atoms with van der Waals surface area (Å²) >= 11 is 0. The topological polar surface area (TPSA) is 85.1 Å². The SMILES string of the molecule is N#Cc1cccc(-c2ccc3c(n2)N(C(=O)Nc2ccccn2)[C@H]2CCCN3C2)c1. The zero-order valence-corrected chi connectivity index (χ0v) is 16.3. The van der Waals surface area contributed by atoms with Gasteiger partial charge >= 0.3 is 6.03 Å². The van der Waals surface area contributed by atoms with E-state index in [1.807, 2.05) is 42.5 Å². The Hall–Kier alpha value is -3.92. The van der Waals surface area contributed by atoms with Gasteiger partial charge in [-0.15, -0.1) is 0 Å². The summed E-state index contributed by atoms with van der Waals surface area (Å²) in [4.78, 5) is 26.4. The van der Waals surface area contributed by atoms with Gasteiger partial charge in [-0.3, -0.25) is 10.2 Å². The maximum atomic E-state index is 13.3. The van der Waals surface area contributed by atoms with Crippen LogP contribution < -0.4 is 15.1 Å². The lowest BCUT2D eigenvalue weighted by Gasteiger charge is -2.45. The Kier molecular flexibility index (Phi) is 4.52. The highest BCUT2D eigenvalue weighted by molar-refractivity contribution is 6.04. The number of carbonyl (C=O) groups is 1. The number of nitriles is 1. The minimum atomic E-state index is -0.225. The number of anilines is 3. The molecule has 1 saturated heterocycles. The van der Waals surface area contributed by atoms with Gasteiger partial charge in [-0.2, -0.15) is 5.26 Å². The largest absolute Gasteiger partial charge is 0.366 e. The van der Waals surface area contributed by atoms with Crippen molar-refractivity contribution in [2.24, 2.45) is 0 Å². The zero-order valence-electron chi connectivity index (χ0n) is 16.3. The van der Waals surface area contributed by atoms with Crippen molar-refractivity contribution in [1.29, 1.82) is 5.26 Å². The molecule has 30 heavy (non-hydrogen) atoms. The number of aromatic nitrogens is 2. The van der Waals surface area contributed by atoms with Crippen molar-refractivity contribution < 1.29 is 4.79 Å². The van der Waals surface area contributed by atoms with Crippen molar-refractivity contribution >= 4 is 23.4 Å². The van der Waals surface area contributed by atoms with E-state index in [-0.39, 0.29) is 12.1 Å². The molecule has 7 heteroatoms. The molecule has 1 atom stereocenters. The molecule has 1 fully saturated rings. The highest BCUT2D eigenvalue weighted by atomic mass is 16.2. The molecule has 7 nitrogen and oxygen atoms in total. The molecule has 1 N–H and O–H groups in total. The molecular weight excluding hydrogens is 376 g/mol. The van der Waals surface area contributed by atoms with E-state index in [2.05, 4.69) is 21.3 Å². The van der Waals surface area contributed by atoms with Gasteiger partial charge in [0.2, 0.25) is 0 Å². The first-order valence-electron chi connectivity index (χ1n) is 10.0. The highest BCUT2D eigenvalue weighted by Crippen LogP contribution is 2.39. The minimum Gasteiger partial charge on any atom is -0.366 e. The van der Waals surface area contributed by atoms with E-state index < -0.39 is 0 Å². The first-order valence-corrected chi connectivity index (χ1v) is 10.0. The number of carbonyl (C=O) groups excluding carboxylic acids is 1. The number of amides is 2. The minimum absolute atomic E-state index is 0.0585. The van der Waals surface area contributed by atoms with E-state index in [1.165, 1.54) is 0 Å². The first-order chi connectivity index (χ1) is 14.7. The number of nitrogens with one attached hydrogen (secondary N) is 1. The molecule has 0 saturated carbocycles. The Bertz CT molecular complexity index is 1140. The van der Waals surface area contributed by atoms with Gasteiger partial charge in [0, 0.05) is 24.8 Å². The third kappa shape index (κ3) is 3.22. The van der Waals surface area contributed by atoms with Crippen LogP contribution in [0.15, 0.2) is 60.8 Å². The summed E-state index contributed by atoms with van der Waals surface area (Å²) in [5, 5.41) is 12.1. The summed E-state index contributed by atoms with van der Waals surface area (Å²) < 4.78 is 0. The van der Waals surface area contributed by atoms with Crippen molar-refractivity contribution in [2.45, 2.75) is 18.9 Å². The van der Waals surface area contributed by atoms with Crippen molar-refractivity contribution in [3.05, 3.63) is 66.4 Å². The van der Waals surface area contributed by atoms with Crippen molar-refractivity contribution in [3.8, 4) is 17.3 Å². The summed E-state index contributed by atoms with van der Waals surface area (Å²) in [5.74, 6) is 1.17. The Labute approximate surface area is 174 Å². The van der Waals surface area contributed by atoms with Crippen LogP contribution in [-0.2, 0) is 0 Å². The van der Waals surface area contributed by atoms with E-state index in [4.69, 9.17) is 4.98 Å². The molecule has 0 unspecified atom stereocenters. The van der Waals surface area contributed by atoms with Crippen LogP contribution in [-0.4, -0.2) is 35.1 Å².